The summed E-state index contributed by atoms with van der Waals surface area (Å²) in [5.74, 6) is 0.876. The van der Waals surface area contributed by atoms with E-state index in [1.807, 2.05) is 0 Å². The Hall–Kier alpha value is -0.820. The summed E-state index contributed by atoms with van der Waals surface area (Å²) in [7, 11) is 0. The molecule has 132 valence electrons. The van der Waals surface area contributed by atoms with Gasteiger partial charge in [-0.05, 0) is 45.2 Å². The summed E-state index contributed by atoms with van der Waals surface area (Å²) in [6.45, 7) is 13.6. The van der Waals surface area contributed by atoms with Crippen LogP contribution in [0.4, 0.5) is 0 Å². The SMILES string of the molecule is CCCNC(=NCc1cccc(COC(C)(C)C)c1)NCC.I. The van der Waals surface area contributed by atoms with Gasteiger partial charge in [0.2, 0.25) is 0 Å². The lowest BCUT2D eigenvalue weighted by molar-refractivity contribution is -0.0149. The molecule has 0 saturated heterocycles. The number of guanidine groups is 1. The van der Waals surface area contributed by atoms with E-state index in [0.717, 1.165) is 25.5 Å². The number of benzene rings is 1. The molecule has 0 radical (unpaired) electrons. The van der Waals surface area contributed by atoms with Gasteiger partial charge in [-0.3, -0.25) is 0 Å². The third kappa shape index (κ3) is 10.5. The van der Waals surface area contributed by atoms with Gasteiger partial charge in [0, 0.05) is 13.1 Å². The summed E-state index contributed by atoms with van der Waals surface area (Å²) in [6, 6.07) is 8.43. The molecule has 0 atom stereocenters. The number of nitrogens with zero attached hydrogens (tertiary/aromatic N) is 1. The standard InChI is InChI=1S/C18H31N3O.HI/c1-6-11-20-17(19-7-2)21-13-15-9-8-10-16(12-15)14-22-18(3,4)5;/h8-10,12H,6-7,11,13-14H2,1-5H3,(H2,19,20,21);1H. The molecule has 0 amide bonds. The average molecular weight is 433 g/mol. The van der Waals surface area contributed by atoms with Crippen molar-refractivity contribution in [1.29, 1.82) is 0 Å². The van der Waals surface area contributed by atoms with Crippen molar-refractivity contribution in [2.75, 3.05) is 13.1 Å². The Bertz CT molecular complexity index is 470. The highest BCUT2D eigenvalue weighted by Crippen LogP contribution is 2.13. The summed E-state index contributed by atoms with van der Waals surface area (Å²) in [5, 5.41) is 6.58. The topological polar surface area (TPSA) is 45.7 Å². The largest absolute Gasteiger partial charge is 0.371 e. The summed E-state index contributed by atoms with van der Waals surface area (Å²) in [6.07, 6.45) is 1.09. The molecule has 0 heterocycles. The van der Waals surface area contributed by atoms with E-state index in [1.165, 1.54) is 11.1 Å². The molecule has 4 nitrogen and oxygen atoms in total. The Morgan fingerprint density at radius 1 is 1.13 bits per heavy atom. The van der Waals surface area contributed by atoms with E-state index in [4.69, 9.17) is 4.74 Å². The highest BCUT2D eigenvalue weighted by molar-refractivity contribution is 14.0. The van der Waals surface area contributed by atoms with Crippen LogP contribution in [0.15, 0.2) is 29.3 Å². The van der Waals surface area contributed by atoms with Crippen molar-refractivity contribution >= 4 is 29.9 Å². The van der Waals surface area contributed by atoms with Gasteiger partial charge >= 0.3 is 0 Å². The Balaban J connectivity index is 0.00000484. The van der Waals surface area contributed by atoms with E-state index in [-0.39, 0.29) is 29.6 Å². The fraction of sp³-hybridized carbons (Fsp3) is 0.611. The van der Waals surface area contributed by atoms with Crippen LogP contribution < -0.4 is 10.6 Å². The van der Waals surface area contributed by atoms with Gasteiger partial charge in [0.1, 0.15) is 0 Å². The number of aliphatic imine (C=N–C) groups is 1. The first-order chi connectivity index (χ1) is 10.4. The molecule has 23 heavy (non-hydrogen) atoms. The van der Waals surface area contributed by atoms with E-state index >= 15 is 0 Å². The lowest BCUT2D eigenvalue weighted by atomic mass is 10.1. The van der Waals surface area contributed by atoms with Crippen molar-refractivity contribution < 1.29 is 4.74 Å². The summed E-state index contributed by atoms with van der Waals surface area (Å²) in [4.78, 5) is 4.62. The maximum atomic E-state index is 5.83. The molecular formula is C18H32IN3O. The van der Waals surface area contributed by atoms with Crippen molar-refractivity contribution in [2.24, 2.45) is 4.99 Å². The molecule has 0 bridgehead atoms. The Morgan fingerprint density at radius 2 is 1.83 bits per heavy atom. The maximum absolute atomic E-state index is 5.83. The summed E-state index contributed by atoms with van der Waals surface area (Å²) in [5.41, 5.74) is 2.27. The number of rotatable bonds is 7. The Morgan fingerprint density at radius 3 is 2.43 bits per heavy atom. The molecule has 1 aromatic rings. The summed E-state index contributed by atoms with van der Waals surface area (Å²) < 4.78 is 5.83. The molecule has 0 aromatic heterocycles. The van der Waals surface area contributed by atoms with E-state index in [9.17, 15) is 0 Å². The second kappa shape index (κ2) is 11.7. The lowest BCUT2D eigenvalue weighted by Gasteiger charge is -2.19. The minimum Gasteiger partial charge on any atom is -0.371 e. The Labute approximate surface area is 158 Å². The molecule has 0 fully saturated rings. The van der Waals surface area contributed by atoms with Gasteiger partial charge < -0.3 is 15.4 Å². The van der Waals surface area contributed by atoms with Crippen LogP contribution in [0.25, 0.3) is 0 Å². The van der Waals surface area contributed by atoms with E-state index in [0.29, 0.717) is 13.2 Å². The predicted octanol–water partition coefficient (Wildman–Crippen LogP) is 4.08. The smallest absolute Gasteiger partial charge is 0.191 e. The molecule has 5 heteroatoms. The van der Waals surface area contributed by atoms with Crippen molar-refractivity contribution in [2.45, 2.75) is 59.8 Å². The van der Waals surface area contributed by atoms with Gasteiger partial charge in [0.25, 0.3) is 0 Å². The predicted molar refractivity (Wildman–Crippen MR) is 110 cm³/mol. The summed E-state index contributed by atoms with van der Waals surface area (Å²) >= 11 is 0. The van der Waals surface area contributed by atoms with Crippen LogP contribution >= 0.6 is 24.0 Å². The van der Waals surface area contributed by atoms with Gasteiger partial charge in [0.15, 0.2) is 5.96 Å². The van der Waals surface area contributed by atoms with Crippen LogP contribution in [-0.4, -0.2) is 24.7 Å². The van der Waals surface area contributed by atoms with Gasteiger partial charge in [-0.1, -0.05) is 31.2 Å². The fourth-order valence-corrected chi connectivity index (χ4v) is 1.87. The van der Waals surface area contributed by atoms with Crippen LogP contribution in [0, 0.1) is 0 Å². The number of halogens is 1. The van der Waals surface area contributed by atoms with Crippen LogP contribution in [-0.2, 0) is 17.9 Å². The maximum Gasteiger partial charge on any atom is 0.191 e. The van der Waals surface area contributed by atoms with E-state index < -0.39 is 0 Å². The molecule has 1 rings (SSSR count). The van der Waals surface area contributed by atoms with Crippen LogP contribution in [0.5, 0.6) is 0 Å². The Kier molecular flexibility index (Phi) is 11.3. The van der Waals surface area contributed by atoms with Crippen LogP contribution in [0.1, 0.15) is 52.2 Å². The third-order valence-corrected chi connectivity index (χ3v) is 2.97. The van der Waals surface area contributed by atoms with Crippen molar-refractivity contribution in [3.8, 4) is 0 Å². The quantitative estimate of drug-likeness (QED) is 0.387. The number of hydrogen-bond donors (Lipinski definition) is 2. The zero-order valence-corrected chi connectivity index (χ0v) is 17.4. The molecule has 0 spiro atoms. The molecule has 0 aliphatic heterocycles. The monoisotopic (exact) mass is 433 g/mol. The zero-order chi connectivity index (χ0) is 16.4. The first-order valence-corrected chi connectivity index (χ1v) is 8.18. The minimum absolute atomic E-state index is 0. The molecule has 0 aliphatic carbocycles. The van der Waals surface area contributed by atoms with Crippen molar-refractivity contribution in [1.82, 2.24) is 10.6 Å². The number of hydrogen-bond acceptors (Lipinski definition) is 2. The van der Waals surface area contributed by atoms with E-state index in [2.05, 4.69) is 74.5 Å². The first-order valence-electron chi connectivity index (χ1n) is 8.18. The molecule has 1 aromatic carbocycles. The molecule has 0 unspecified atom stereocenters. The van der Waals surface area contributed by atoms with Crippen LogP contribution in [0.3, 0.4) is 0 Å². The zero-order valence-electron chi connectivity index (χ0n) is 15.1. The number of ether oxygens (including phenoxy) is 1. The number of nitrogens with one attached hydrogen (secondary N) is 2. The highest BCUT2D eigenvalue weighted by Gasteiger charge is 2.10. The first kappa shape index (κ1) is 22.2. The fourth-order valence-electron chi connectivity index (χ4n) is 1.87. The second-order valence-electron chi connectivity index (χ2n) is 6.34. The third-order valence-electron chi connectivity index (χ3n) is 2.97. The molecule has 2 N–H and O–H groups in total. The minimum atomic E-state index is -0.115. The molecule has 0 saturated carbocycles. The normalized spacial score (nSPS) is 11.8. The van der Waals surface area contributed by atoms with Crippen LogP contribution in [0.2, 0.25) is 0 Å². The van der Waals surface area contributed by atoms with Crippen molar-refractivity contribution in [3.05, 3.63) is 35.4 Å². The molecular weight excluding hydrogens is 401 g/mol. The van der Waals surface area contributed by atoms with E-state index in [1.54, 1.807) is 0 Å². The average Bonchev–Trinajstić information content (AvgIpc) is 2.48. The lowest BCUT2D eigenvalue weighted by Crippen LogP contribution is -2.37. The van der Waals surface area contributed by atoms with Gasteiger partial charge in [-0.15, -0.1) is 24.0 Å². The van der Waals surface area contributed by atoms with Gasteiger partial charge in [-0.2, -0.15) is 0 Å². The second-order valence-corrected chi connectivity index (χ2v) is 6.34. The highest BCUT2D eigenvalue weighted by atomic mass is 127. The van der Waals surface area contributed by atoms with Gasteiger partial charge in [-0.25, -0.2) is 4.99 Å². The molecule has 0 aliphatic rings. The van der Waals surface area contributed by atoms with Crippen molar-refractivity contribution in [3.63, 3.8) is 0 Å². The van der Waals surface area contributed by atoms with Gasteiger partial charge in [0.05, 0.1) is 18.8 Å².